The van der Waals surface area contributed by atoms with Crippen molar-refractivity contribution in [2.24, 2.45) is 5.92 Å². The van der Waals surface area contributed by atoms with Crippen molar-refractivity contribution in [3.05, 3.63) is 48.7 Å². The lowest BCUT2D eigenvalue weighted by atomic mass is 9.88. The first-order chi connectivity index (χ1) is 9.93. The van der Waals surface area contributed by atoms with E-state index in [1.54, 1.807) is 0 Å². The maximum atomic E-state index is 4.59. The van der Waals surface area contributed by atoms with Crippen LogP contribution >= 0.6 is 0 Å². The van der Waals surface area contributed by atoms with Gasteiger partial charge in [-0.25, -0.2) is 4.98 Å². The summed E-state index contributed by atoms with van der Waals surface area (Å²) in [7, 11) is 0. The Balaban J connectivity index is 1.66. The van der Waals surface area contributed by atoms with Crippen LogP contribution in [0.1, 0.15) is 43.8 Å². The molecule has 4 rings (SSSR count). The number of pyridine rings is 1. The Kier molecular flexibility index (Phi) is 2.91. The highest BCUT2D eigenvalue weighted by atomic mass is 15.1. The molecular formula is C17H19N3. The van der Waals surface area contributed by atoms with Crippen LogP contribution in [0.5, 0.6) is 0 Å². The molecule has 1 atom stereocenters. The second kappa shape index (κ2) is 4.89. The maximum absolute atomic E-state index is 4.59. The van der Waals surface area contributed by atoms with Gasteiger partial charge in [-0.2, -0.15) is 0 Å². The predicted octanol–water partition coefficient (Wildman–Crippen LogP) is 3.98. The molecule has 1 aliphatic carbocycles. The standard InChI is InChI=1S/C17H19N3/c1-2-5-13(6-3-1)8-9-15-17-14(7-4-10-19-17)16-11-18-12-20(15)16/h4,7-13,15H,1-3,5-6H2/b9-8+/t15-/m1/s1. The SMILES string of the molecule is C(=C\[C@@H]1c2ncccc2-c2cncn21)/C1CCCCC1. The Morgan fingerprint density at radius 3 is 2.95 bits per heavy atom. The molecule has 1 saturated carbocycles. The van der Waals surface area contributed by atoms with Gasteiger partial charge in [0.25, 0.3) is 0 Å². The highest BCUT2D eigenvalue weighted by molar-refractivity contribution is 5.67. The second-order valence-electron chi connectivity index (χ2n) is 5.85. The molecule has 1 fully saturated rings. The van der Waals surface area contributed by atoms with Crippen LogP contribution in [0, 0.1) is 5.92 Å². The highest BCUT2D eigenvalue weighted by Gasteiger charge is 2.27. The van der Waals surface area contributed by atoms with Gasteiger partial charge in [-0.05, 0) is 30.9 Å². The quantitative estimate of drug-likeness (QED) is 0.769. The van der Waals surface area contributed by atoms with Crippen LogP contribution in [-0.2, 0) is 0 Å². The molecule has 20 heavy (non-hydrogen) atoms. The fourth-order valence-corrected chi connectivity index (χ4v) is 3.51. The summed E-state index contributed by atoms with van der Waals surface area (Å²) in [6, 6.07) is 4.37. The van der Waals surface area contributed by atoms with E-state index in [1.165, 1.54) is 43.4 Å². The molecule has 0 unspecified atom stereocenters. The Morgan fingerprint density at radius 2 is 2.05 bits per heavy atom. The van der Waals surface area contributed by atoms with Gasteiger partial charge >= 0.3 is 0 Å². The van der Waals surface area contributed by atoms with Gasteiger partial charge in [-0.3, -0.25) is 4.98 Å². The minimum Gasteiger partial charge on any atom is -0.318 e. The van der Waals surface area contributed by atoms with Gasteiger partial charge in [-0.15, -0.1) is 0 Å². The summed E-state index contributed by atoms with van der Waals surface area (Å²) in [6.07, 6.45) is 17.4. The smallest absolute Gasteiger partial charge is 0.0962 e. The molecule has 2 aromatic heterocycles. The van der Waals surface area contributed by atoms with E-state index in [0.717, 1.165) is 11.6 Å². The Hall–Kier alpha value is -1.90. The van der Waals surface area contributed by atoms with Crippen molar-refractivity contribution in [1.29, 1.82) is 0 Å². The Bertz CT molecular complexity index is 635. The Labute approximate surface area is 119 Å². The van der Waals surface area contributed by atoms with Crippen molar-refractivity contribution in [3.63, 3.8) is 0 Å². The first kappa shape index (κ1) is 11.9. The van der Waals surface area contributed by atoms with Crippen LogP contribution in [0.3, 0.4) is 0 Å². The topological polar surface area (TPSA) is 30.7 Å². The maximum Gasteiger partial charge on any atom is 0.0962 e. The highest BCUT2D eigenvalue weighted by Crippen LogP contribution is 2.38. The molecule has 1 aliphatic heterocycles. The van der Waals surface area contributed by atoms with E-state index in [-0.39, 0.29) is 6.04 Å². The summed E-state index contributed by atoms with van der Waals surface area (Å²) in [5.41, 5.74) is 3.58. The van der Waals surface area contributed by atoms with Crippen LogP contribution in [0.15, 0.2) is 43.0 Å². The number of imidazole rings is 1. The van der Waals surface area contributed by atoms with E-state index in [1.807, 2.05) is 24.8 Å². The van der Waals surface area contributed by atoms with Crippen LogP contribution in [0.4, 0.5) is 0 Å². The molecule has 3 heteroatoms. The van der Waals surface area contributed by atoms with E-state index in [9.17, 15) is 0 Å². The summed E-state index contributed by atoms with van der Waals surface area (Å²) >= 11 is 0. The van der Waals surface area contributed by atoms with Gasteiger partial charge in [0.2, 0.25) is 0 Å². The fraction of sp³-hybridized carbons (Fsp3) is 0.412. The molecule has 2 aromatic rings. The lowest BCUT2D eigenvalue weighted by molar-refractivity contribution is 0.418. The van der Waals surface area contributed by atoms with Crippen molar-refractivity contribution in [3.8, 4) is 11.3 Å². The van der Waals surface area contributed by atoms with Crippen LogP contribution in [0.25, 0.3) is 11.3 Å². The number of rotatable bonds is 2. The first-order valence-corrected chi connectivity index (χ1v) is 7.59. The Morgan fingerprint density at radius 1 is 1.15 bits per heavy atom. The lowest BCUT2D eigenvalue weighted by Gasteiger charge is -2.18. The second-order valence-corrected chi connectivity index (χ2v) is 5.85. The minimum absolute atomic E-state index is 0.227. The molecule has 0 aromatic carbocycles. The molecule has 0 amide bonds. The number of aromatic nitrogens is 3. The van der Waals surface area contributed by atoms with Crippen LogP contribution in [-0.4, -0.2) is 14.5 Å². The van der Waals surface area contributed by atoms with Crippen molar-refractivity contribution in [2.45, 2.75) is 38.1 Å². The van der Waals surface area contributed by atoms with Gasteiger partial charge in [0, 0.05) is 11.8 Å². The number of hydrogen-bond acceptors (Lipinski definition) is 2. The normalized spacial score (nSPS) is 22.1. The van der Waals surface area contributed by atoms with Gasteiger partial charge < -0.3 is 4.57 Å². The summed E-state index contributed by atoms with van der Waals surface area (Å²) < 4.78 is 2.23. The number of allylic oxidation sites excluding steroid dienone is 2. The molecule has 0 N–H and O–H groups in total. The first-order valence-electron chi connectivity index (χ1n) is 7.59. The van der Waals surface area contributed by atoms with Crippen molar-refractivity contribution >= 4 is 0 Å². The molecular weight excluding hydrogens is 246 g/mol. The fourth-order valence-electron chi connectivity index (χ4n) is 3.51. The average molecular weight is 265 g/mol. The van der Waals surface area contributed by atoms with Gasteiger partial charge in [0.15, 0.2) is 0 Å². The third-order valence-corrected chi connectivity index (χ3v) is 4.58. The largest absolute Gasteiger partial charge is 0.318 e. The van der Waals surface area contributed by atoms with E-state index >= 15 is 0 Å². The van der Waals surface area contributed by atoms with Crippen LogP contribution < -0.4 is 0 Å². The van der Waals surface area contributed by atoms with Crippen molar-refractivity contribution in [2.75, 3.05) is 0 Å². The summed E-state index contributed by atoms with van der Waals surface area (Å²) in [6.45, 7) is 0. The minimum atomic E-state index is 0.227. The van der Waals surface area contributed by atoms with Crippen molar-refractivity contribution in [1.82, 2.24) is 14.5 Å². The molecule has 0 saturated heterocycles. The zero-order chi connectivity index (χ0) is 13.4. The van der Waals surface area contributed by atoms with Gasteiger partial charge in [0.05, 0.1) is 30.0 Å². The molecule has 0 spiro atoms. The molecule has 102 valence electrons. The summed E-state index contributed by atoms with van der Waals surface area (Å²) in [4.78, 5) is 8.88. The average Bonchev–Trinajstić information content (AvgIpc) is 3.07. The third-order valence-electron chi connectivity index (χ3n) is 4.58. The van der Waals surface area contributed by atoms with E-state index < -0.39 is 0 Å². The molecule has 3 heterocycles. The number of nitrogens with zero attached hydrogens (tertiary/aromatic N) is 3. The summed E-state index contributed by atoms with van der Waals surface area (Å²) in [5, 5.41) is 0. The zero-order valence-corrected chi connectivity index (χ0v) is 11.6. The predicted molar refractivity (Wildman–Crippen MR) is 79.3 cm³/mol. The van der Waals surface area contributed by atoms with Crippen LogP contribution in [0.2, 0.25) is 0 Å². The molecule has 3 nitrogen and oxygen atoms in total. The van der Waals surface area contributed by atoms with E-state index in [2.05, 4.69) is 32.8 Å². The van der Waals surface area contributed by atoms with Gasteiger partial charge in [-0.1, -0.05) is 31.4 Å². The molecule has 0 bridgehead atoms. The molecule has 2 aliphatic rings. The monoisotopic (exact) mass is 265 g/mol. The molecule has 0 radical (unpaired) electrons. The third kappa shape index (κ3) is 1.89. The van der Waals surface area contributed by atoms with E-state index in [4.69, 9.17) is 0 Å². The number of fused-ring (bicyclic) bond motifs is 3. The van der Waals surface area contributed by atoms with Crippen molar-refractivity contribution < 1.29 is 0 Å². The van der Waals surface area contributed by atoms with E-state index in [0.29, 0.717) is 0 Å². The number of hydrogen-bond donors (Lipinski definition) is 0. The summed E-state index contributed by atoms with van der Waals surface area (Å²) in [5.74, 6) is 0.753. The lowest BCUT2D eigenvalue weighted by Crippen LogP contribution is -2.06. The van der Waals surface area contributed by atoms with Gasteiger partial charge in [0.1, 0.15) is 0 Å². The zero-order valence-electron chi connectivity index (χ0n) is 11.6.